The number of nitrogens with zero attached hydrogens (tertiary/aromatic N) is 3. The first-order chi connectivity index (χ1) is 13.7. The van der Waals surface area contributed by atoms with Crippen molar-refractivity contribution in [3.05, 3.63) is 53.3 Å². The Labute approximate surface area is 164 Å². The molecule has 0 unspecified atom stereocenters. The molecule has 2 N–H and O–H groups in total. The molecule has 28 heavy (non-hydrogen) atoms. The van der Waals surface area contributed by atoms with Gasteiger partial charge in [-0.25, -0.2) is 4.98 Å². The number of H-pyrrole nitrogens is 1. The number of benzene rings is 1. The number of rotatable bonds is 3. The molecule has 0 saturated carbocycles. The summed E-state index contributed by atoms with van der Waals surface area (Å²) in [7, 11) is 2.18. The van der Waals surface area contributed by atoms with Crippen molar-refractivity contribution in [2.45, 2.75) is 13.0 Å². The van der Waals surface area contributed by atoms with Crippen LogP contribution in [0.2, 0.25) is 0 Å². The van der Waals surface area contributed by atoms with Crippen molar-refractivity contribution in [1.82, 2.24) is 25.1 Å². The third kappa shape index (κ3) is 3.19. The largest absolute Gasteiger partial charge is 0.352 e. The zero-order valence-corrected chi connectivity index (χ0v) is 16.2. The van der Waals surface area contributed by atoms with Crippen molar-refractivity contribution >= 4 is 16.9 Å². The van der Waals surface area contributed by atoms with Gasteiger partial charge in [0, 0.05) is 68.2 Å². The van der Waals surface area contributed by atoms with Gasteiger partial charge in [-0.3, -0.25) is 9.69 Å². The third-order valence-electron chi connectivity index (χ3n) is 5.93. The first kappa shape index (κ1) is 17.4. The number of piperazine rings is 1. The number of aromatic nitrogens is 2. The first-order valence-electron chi connectivity index (χ1n) is 9.96. The Hall–Kier alpha value is -2.70. The van der Waals surface area contributed by atoms with Gasteiger partial charge in [0.1, 0.15) is 5.65 Å². The van der Waals surface area contributed by atoms with Crippen LogP contribution >= 0.6 is 0 Å². The molecule has 6 heteroatoms. The molecule has 0 atom stereocenters. The van der Waals surface area contributed by atoms with Gasteiger partial charge in [-0.05, 0) is 42.3 Å². The van der Waals surface area contributed by atoms with E-state index in [0.29, 0.717) is 6.54 Å². The molecule has 4 heterocycles. The lowest BCUT2D eigenvalue weighted by molar-refractivity contribution is 0.0946. The highest BCUT2D eigenvalue weighted by molar-refractivity contribution is 5.99. The topological polar surface area (TPSA) is 64.3 Å². The maximum atomic E-state index is 12.0. The standard InChI is InChI=1S/C22H25N5O/c1-26-6-8-27(9-7-26)14-15-10-19-20(13-25-21(19)24-12-15)16-2-3-18-17(11-16)4-5-23-22(18)28/h2-3,10-13H,4-9,14H2,1H3,(H,23,28)(H,24,25). The fraction of sp³-hybridized carbons (Fsp3) is 0.364. The number of nitrogens with one attached hydrogen (secondary N) is 2. The third-order valence-corrected chi connectivity index (χ3v) is 5.93. The van der Waals surface area contributed by atoms with E-state index in [-0.39, 0.29) is 5.91 Å². The van der Waals surface area contributed by atoms with Crippen molar-refractivity contribution in [3.63, 3.8) is 0 Å². The molecule has 3 aromatic rings. The monoisotopic (exact) mass is 375 g/mol. The van der Waals surface area contributed by atoms with E-state index in [2.05, 4.69) is 44.3 Å². The molecular weight excluding hydrogens is 350 g/mol. The van der Waals surface area contributed by atoms with Crippen molar-refractivity contribution in [3.8, 4) is 11.1 Å². The zero-order valence-electron chi connectivity index (χ0n) is 16.2. The number of pyridine rings is 1. The van der Waals surface area contributed by atoms with Gasteiger partial charge in [-0.15, -0.1) is 0 Å². The number of hydrogen-bond donors (Lipinski definition) is 2. The van der Waals surface area contributed by atoms with E-state index < -0.39 is 0 Å². The minimum atomic E-state index is 0.0304. The van der Waals surface area contributed by atoms with Crippen LogP contribution < -0.4 is 5.32 Å². The van der Waals surface area contributed by atoms with Gasteiger partial charge in [0.25, 0.3) is 5.91 Å². The minimum Gasteiger partial charge on any atom is -0.352 e. The van der Waals surface area contributed by atoms with Crippen LogP contribution in [0.3, 0.4) is 0 Å². The molecule has 0 spiro atoms. The maximum Gasteiger partial charge on any atom is 0.251 e. The molecule has 1 aromatic carbocycles. The molecule has 2 aliphatic heterocycles. The van der Waals surface area contributed by atoms with Gasteiger partial charge in [0.05, 0.1) is 0 Å². The summed E-state index contributed by atoms with van der Waals surface area (Å²) in [5.74, 6) is 0.0304. The number of carbonyl (C=O) groups excluding carboxylic acids is 1. The second-order valence-corrected chi connectivity index (χ2v) is 7.90. The van der Waals surface area contributed by atoms with Crippen LogP contribution in [-0.4, -0.2) is 65.4 Å². The van der Waals surface area contributed by atoms with Crippen LogP contribution in [-0.2, 0) is 13.0 Å². The molecule has 2 aromatic heterocycles. The van der Waals surface area contributed by atoms with Crippen molar-refractivity contribution in [2.75, 3.05) is 39.8 Å². The van der Waals surface area contributed by atoms with E-state index in [1.807, 2.05) is 24.5 Å². The van der Waals surface area contributed by atoms with Gasteiger partial charge in [0.2, 0.25) is 0 Å². The van der Waals surface area contributed by atoms with Crippen molar-refractivity contribution < 1.29 is 4.79 Å². The molecule has 5 rings (SSSR count). The van der Waals surface area contributed by atoms with E-state index >= 15 is 0 Å². The van der Waals surface area contributed by atoms with Crippen LogP contribution in [0.4, 0.5) is 0 Å². The summed E-state index contributed by atoms with van der Waals surface area (Å²) in [6.07, 6.45) is 4.89. The van der Waals surface area contributed by atoms with Crippen LogP contribution in [0.15, 0.2) is 36.7 Å². The number of aromatic amines is 1. The Bertz CT molecular complexity index is 1030. The molecule has 2 aliphatic rings. The van der Waals surface area contributed by atoms with Crippen LogP contribution in [0, 0.1) is 0 Å². The van der Waals surface area contributed by atoms with Crippen LogP contribution in [0.1, 0.15) is 21.5 Å². The van der Waals surface area contributed by atoms with E-state index in [4.69, 9.17) is 0 Å². The normalized spacial score (nSPS) is 18.2. The Morgan fingerprint density at radius 3 is 2.82 bits per heavy atom. The zero-order chi connectivity index (χ0) is 19.1. The highest BCUT2D eigenvalue weighted by Crippen LogP contribution is 2.30. The van der Waals surface area contributed by atoms with Gasteiger partial charge < -0.3 is 15.2 Å². The highest BCUT2D eigenvalue weighted by Gasteiger charge is 2.18. The first-order valence-corrected chi connectivity index (χ1v) is 9.96. The second kappa shape index (κ2) is 7.04. The molecule has 0 bridgehead atoms. The van der Waals surface area contributed by atoms with Gasteiger partial charge >= 0.3 is 0 Å². The van der Waals surface area contributed by atoms with Crippen molar-refractivity contribution in [2.24, 2.45) is 0 Å². The van der Waals surface area contributed by atoms with Gasteiger partial charge in [0.15, 0.2) is 0 Å². The fourth-order valence-corrected chi connectivity index (χ4v) is 4.23. The van der Waals surface area contributed by atoms with E-state index in [0.717, 1.165) is 72.4 Å². The quantitative estimate of drug-likeness (QED) is 0.737. The lowest BCUT2D eigenvalue weighted by Crippen LogP contribution is -2.43. The lowest BCUT2D eigenvalue weighted by atomic mass is 9.95. The molecule has 0 radical (unpaired) electrons. The summed E-state index contributed by atoms with van der Waals surface area (Å²) in [4.78, 5) is 24.8. The molecule has 1 fully saturated rings. The summed E-state index contributed by atoms with van der Waals surface area (Å²) < 4.78 is 0. The number of amides is 1. The smallest absolute Gasteiger partial charge is 0.251 e. The summed E-state index contributed by atoms with van der Waals surface area (Å²) in [5.41, 5.74) is 6.36. The predicted octanol–water partition coefficient (Wildman–Crippen LogP) is 2.26. The van der Waals surface area contributed by atoms with E-state index in [1.165, 1.54) is 5.56 Å². The Morgan fingerprint density at radius 1 is 1.11 bits per heavy atom. The maximum absolute atomic E-state index is 12.0. The summed E-state index contributed by atoms with van der Waals surface area (Å²) >= 11 is 0. The fourth-order valence-electron chi connectivity index (χ4n) is 4.23. The Balaban J connectivity index is 1.46. The summed E-state index contributed by atoms with van der Waals surface area (Å²) in [6.45, 7) is 6.08. The average molecular weight is 375 g/mol. The summed E-state index contributed by atoms with van der Waals surface area (Å²) in [6, 6.07) is 8.40. The van der Waals surface area contributed by atoms with Crippen LogP contribution in [0.25, 0.3) is 22.2 Å². The predicted molar refractivity (Wildman–Crippen MR) is 110 cm³/mol. The number of hydrogen-bond acceptors (Lipinski definition) is 4. The van der Waals surface area contributed by atoms with Crippen molar-refractivity contribution in [1.29, 1.82) is 0 Å². The second-order valence-electron chi connectivity index (χ2n) is 7.90. The number of likely N-dealkylation sites (N-methyl/N-ethyl adjacent to an activating group) is 1. The Morgan fingerprint density at radius 2 is 1.96 bits per heavy atom. The lowest BCUT2D eigenvalue weighted by Gasteiger charge is -2.32. The molecule has 144 valence electrons. The van der Waals surface area contributed by atoms with Crippen LogP contribution in [0.5, 0.6) is 0 Å². The van der Waals surface area contributed by atoms with E-state index in [9.17, 15) is 4.79 Å². The van der Waals surface area contributed by atoms with Gasteiger partial charge in [-0.2, -0.15) is 0 Å². The molecule has 6 nitrogen and oxygen atoms in total. The number of carbonyl (C=O) groups is 1. The number of fused-ring (bicyclic) bond motifs is 2. The minimum absolute atomic E-state index is 0.0304. The molecule has 1 amide bonds. The van der Waals surface area contributed by atoms with Gasteiger partial charge in [-0.1, -0.05) is 12.1 Å². The van der Waals surface area contributed by atoms with E-state index in [1.54, 1.807) is 0 Å². The average Bonchev–Trinajstić information content (AvgIpc) is 3.13. The molecule has 0 aliphatic carbocycles. The summed E-state index contributed by atoms with van der Waals surface area (Å²) in [5, 5.41) is 4.05. The molecule has 1 saturated heterocycles. The highest BCUT2D eigenvalue weighted by atomic mass is 16.1. The SMILES string of the molecule is CN1CCN(Cc2cnc3[nH]cc(-c4ccc5c(c4)CCNC5=O)c3c2)CC1. The molecular formula is C22H25N5O. The Kier molecular flexibility index (Phi) is 4.37.